The second-order valence-electron chi connectivity index (χ2n) is 6.10. The molecule has 2 aromatic carbocycles. The Hall–Kier alpha value is -2.70. The summed E-state index contributed by atoms with van der Waals surface area (Å²) in [5.74, 6) is -1.55. The molecule has 4 nitrogen and oxygen atoms in total. The molecule has 0 N–H and O–H groups in total. The van der Waals surface area contributed by atoms with Crippen LogP contribution in [0.15, 0.2) is 65.1 Å². The Kier molecular flexibility index (Phi) is 5.58. The van der Waals surface area contributed by atoms with Gasteiger partial charge in [-0.05, 0) is 48.3 Å². The van der Waals surface area contributed by atoms with Gasteiger partial charge in [0.25, 0.3) is 5.91 Å². The third-order valence-corrected chi connectivity index (χ3v) is 5.33. The number of anilines is 1. The van der Waals surface area contributed by atoms with E-state index in [9.17, 15) is 14.7 Å². The standard InChI is InChI=1S/C21H17NO3S2/c1-13(10-15-6-4-3-5-7-15)11-18-19(23)22(21(26)27-18)17-12-16(20(24)25)9-8-14(17)2/h3-12H,1-2H3,(H,24,25)/p-1/b13-10+,18-11-. The molecular weight excluding hydrogens is 378 g/mol. The first-order valence-corrected chi connectivity index (χ1v) is 9.42. The maximum absolute atomic E-state index is 12.9. The van der Waals surface area contributed by atoms with Gasteiger partial charge >= 0.3 is 0 Å². The number of carbonyl (C=O) groups excluding carboxylic acids is 2. The van der Waals surface area contributed by atoms with E-state index in [1.807, 2.05) is 43.3 Å². The van der Waals surface area contributed by atoms with Gasteiger partial charge in [0.15, 0.2) is 4.32 Å². The molecule has 1 heterocycles. The van der Waals surface area contributed by atoms with Crippen LogP contribution in [-0.4, -0.2) is 16.2 Å². The number of rotatable bonds is 4. The molecule has 1 amide bonds. The van der Waals surface area contributed by atoms with Crippen molar-refractivity contribution in [2.75, 3.05) is 4.90 Å². The van der Waals surface area contributed by atoms with E-state index >= 15 is 0 Å². The molecule has 0 radical (unpaired) electrons. The number of carboxylic acids is 1. The number of allylic oxidation sites excluding steroid dienone is 2. The third kappa shape index (κ3) is 4.18. The van der Waals surface area contributed by atoms with Gasteiger partial charge in [-0.2, -0.15) is 0 Å². The molecule has 136 valence electrons. The minimum atomic E-state index is -1.29. The van der Waals surface area contributed by atoms with Gasteiger partial charge < -0.3 is 9.90 Å². The highest BCUT2D eigenvalue weighted by Gasteiger charge is 2.34. The number of thioether (sulfide) groups is 1. The van der Waals surface area contributed by atoms with E-state index < -0.39 is 5.97 Å². The normalized spacial score (nSPS) is 16.3. The molecule has 0 bridgehead atoms. The van der Waals surface area contributed by atoms with Crippen molar-refractivity contribution in [2.24, 2.45) is 0 Å². The highest BCUT2D eigenvalue weighted by molar-refractivity contribution is 8.27. The second-order valence-corrected chi connectivity index (χ2v) is 7.78. The molecule has 1 aliphatic rings. The summed E-state index contributed by atoms with van der Waals surface area (Å²) in [5, 5.41) is 11.2. The Morgan fingerprint density at radius 2 is 1.89 bits per heavy atom. The number of amides is 1. The molecule has 2 aromatic rings. The summed E-state index contributed by atoms with van der Waals surface area (Å²) < 4.78 is 0.373. The first kappa shape index (κ1) is 19.1. The van der Waals surface area contributed by atoms with E-state index in [0.717, 1.165) is 16.7 Å². The monoisotopic (exact) mass is 394 g/mol. The number of aryl methyl sites for hydroxylation is 1. The van der Waals surface area contributed by atoms with Crippen LogP contribution in [0.4, 0.5) is 5.69 Å². The fourth-order valence-electron chi connectivity index (χ4n) is 2.71. The van der Waals surface area contributed by atoms with Crippen molar-refractivity contribution < 1.29 is 14.7 Å². The Labute approximate surface area is 167 Å². The van der Waals surface area contributed by atoms with Crippen LogP contribution >= 0.6 is 24.0 Å². The summed E-state index contributed by atoms with van der Waals surface area (Å²) in [6.45, 7) is 3.72. The second kappa shape index (κ2) is 7.90. The van der Waals surface area contributed by atoms with Crippen molar-refractivity contribution >= 4 is 51.9 Å². The number of benzene rings is 2. The summed E-state index contributed by atoms with van der Waals surface area (Å²) in [6, 6.07) is 14.3. The van der Waals surface area contributed by atoms with Crippen molar-refractivity contribution in [3.05, 3.63) is 81.8 Å². The predicted octanol–water partition coefficient (Wildman–Crippen LogP) is 3.71. The van der Waals surface area contributed by atoms with Gasteiger partial charge in [0, 0.05) is 0 Å². The Morgan fingerprint density at radius 1 is 1.19 bits per heavy atom. The van der Waals surface area contributed by atoms with Gasteiger partial charge in [-0.25, -0.2) is 0 Å². The fraction of sp³-hybridized carbons (Fsp3) is 0.0952. The first-order valence-electron chi connectivity index (χ1n) is 8.20. The molecular formula is C21H16NO3S2-. The molecule has 27 heavy (non-hydrogen) atoms. The van der Waals surface area contributed by atoms with Crippen molar-refractivity contribution in [3.63, 3.8) is 0 Å². The first-order chi connectivity index (χ1) is 12.9. The lowest BCUT2D eigenvalue weighted by Gasteiger charge is -2.18. The number of hydrogen-bond donors (Lipinski definition) is 0. The lowest BCUT2D eigenvalue weighted by Crippen LogP contribution is -2.29. The van der Waals surface area contributed by atoms with Crippen LogP contribution in [0, 0.1) is 6.92 Å². The fourth-order valence-corrected chi connectivity index (χ4v) is 4.05. The van der Waals surface area contributed by atoms with E-state index in [1.165, 1.54) is 28.8 Å². The highest BCUT2D eigenvalue weighted by atomic mass is 32.2. The molecule has 6 heteroatoms. The van der Waals surface area contributed by atoms with Crippen molar-refractivity contribution in [1.82, 2.24) is 0 Å². The zero-order valence-electron chi connectivity index (χ0n) is 14.8. The van der Waals surface area contributed by atoms with Gasteiger partial charge in [-0.3, -0.25) is 9.69 Å². The summed E-state index contributed by atoms with van der Waals surface area (Å²) in [5.41, 5.74) is 3.19. The number of thiocarbonyl (C=S) groups is 1. The Bertz CT molecular complexity index is 994. The molecule has 0 spiro atoms. The van der Waals surface area contributed by atoms with E-state index in [1.54, 1.807) is 19.1 Å². The molecule has 3 rings (SSSR count). The highest BCUT2D eigenvalue weighted by Crippen LogP contribution is 2.37. The van der Waals surface area contributed by atoms with Gasteiger partial charge in [-0.15, -0.1) is 0 Å². The molecule has 0 saturated carbocycles. The van der Waals surface area contributed by atoms with Gasteiger partial charge in [0.2, 0.25) is 0 Å². The maximum atomic E-state index is 12.9. The maximum Gasteiger partial charge on any atom is 0.270 e. The van der Waals surface area contributed by atoms with Gasteiger partial charge in [-0.1, -0.05) is 72.5 Å². The smallest absolute Gasteiger partial charge is 0.270 e. The topological polar surface area (TPSA) is 60.4 Å². The van der Waals surface area contributed by atoms with E-state index in [4.69, 9.17) is 12.2 Å². The van der Waals surface area contributed by atoms with Gasteiger partial charge in [0.1, 0.15) is 0 Å². The summed E-state index contributed by atoms with van der Waals surface area (Å²) in [4.78, 5) is 25.9. The number of carbonyl (C=O) groups is 2. The largest absolute Gasteiger partial charge is 0.545 e. The lowest BCUT2D eigenvalue weighted by molar-refractivity contribution is -0.255. The van der Waals surface area contributed by atoms with Crippen LogP contribution in [0.5, 0.6) is 0 Å². The Balaban J connectivity index is 1.93. The van der Waals surface area contributed by atoms with Crippen LogP contribution in [-0.2, 0) is 4.79 Å². The van der Waals surface area contributed by atoms with E-state index in [-0.39, 0.29) is 11.5 Å². The molecule has 1 saturated heterocycles. The van der Waals surface area contributed by atoms with Crippen LogP contribution < -0.4 is 10.0 Å². The minimum Gasteiger partial charge on any atom is -0.545 e. The van der Waals surface area contributed by atoms with Crippen molar-refractivity contribution in [1.29, 1.82) is 0 Å². The van der Waals surface area contributed by atoms with Crippen molar-refractivity contribution in [3.8, 4) is 0 Å². The Morgan fingerprint density at radius 3 is 2.56 bits per heavy atom. The van der Waals surface area contributed by atoms with E-state index in [0.29, 0.717) is 14.9 Å². The van der Waals surface area contributed by atoms with Crippen LogP contribution in [0.25, 0.3) is 6.08 Å². The quantitative estimate of drug-likeness (QED) is 0.584. The minimum absolute atomic E-state index is 0.00813. The zero-order valence-corrected chi connectivity index (χ0v) is 16.4. The molecule has 0 aromatic heterocycles. The van der Waals surface area contributed by atoms with Gasteiger partial charge in [0.05, 0.1) is 16.6 Å². The predicted molar refractivity (Wildman–Crippen MR) is 111 cm³/mol. The molecule has 0 aliphatic carbocycles. The average molecular weight is 394 g/mol. The van der Waals surface area contributed by atoms with Crippen LogP contribution in [0.2, 0.25) is 0 Å². The number of hydrogen-bond acceptors (Lipinski definition) is 5. The number of nitrogens with zero attached hydrogens (tertiary/aromatic N) is 1. The SMILES string of the molecule is CC(/C=C1\SC(=S)N(c2cc(C(=O)[O-])ccc2C)C1=O)=C\c1ccccc1. The van der Waals surface area contributed by atoms with Crippen molar-refractivity contribution in [2.45, 2.75) is 13.8 Å². The molecule has 1 fully saturated rings. The summed E-state index contributed by atoms with van der Waals surface area (Å²) in [7, 11) is 0. The summed E-state index contributed by atoms with van der Waals surface area (Å²) >= 11 is 6.58. The average Bonchev–Trinajstić information content (AvgIpc) is 2.89. The number of aromatic carboxylic acids is 1. The zero-order chi connectivity index (χ0) is 19.6. The van der Waals surface area contributed by atoms with E-state index in [2.05, 4.69) is 0 Å². The van der Waals surface area contributed by atoms with Crippen LogP contribution in [0.1, 0.15) is 28.4 Å². The molecule has 1 aliphatic heterocycles. The van der Waals surface area contributed by atoms with Crippen LogP contribution in [0.3, 0.4) is 0 Å². The summed E-state index contributed by atoms with van der Waals surface area (Å²) in [6.07, 6.45) is 3.78. The number of carboxylic acid groups (broad SMARTS) is 1. The molecule has 0 unspecified atom stereocenters. The molecule has 0 atom stereocenters. The third-order valence-electron chi connectivity index (χ3n) is 4.03. The lowest BCUT2D eigenvalue weighted by atomic mass is 10.1.